The first-order valence-corrected chi connectivity index (χ1v) is 5.50. The van der Waals surface area contributed by atoms with Crippen LogP contribution in [0.25, 0.3) is 0 Å². The van der Waals surface area contributed by atoms with Crippen molar-refractivity contribution in [2.75, 3.05) is 0 Å². The van der Waals surface area contributed by atoms with Crippen LogP contribution in [0.2, 0.25) is 0 Å². The molecule has 78 valence electrons. The Hall–Kier alpha value is -0.660. The van der Waals surface area contributed by atoms with Gasteiger partial charge in [-0.05, 0) is 6.42 Å². The predicted molar refractivity (Wildman–Crippen MR) is 48.8 cm³/mol. The molecule has 0 saturated carbocycles. The summed E-state index contributed by atoms with van der Waals surface area (Å²) in [4.78, 5) is 10.7. The largest absolute Gasteiger partial charge is 0.368 e. The second-order valence-corrected chi connectivity index (χ2v) is 4.09. The average Bonchev–Trinajstić information content (AvgIpc) is 1.95. The maximum atomic E-state index is 10.7. The summed E-state index contributed by atoms with van der Waals surface area (Å²) in [7, 11) is -3.85. The zero-order valence-corrected chi connectivity index (χ0v) is 8.30. The molecule has 5 N–H and O–H groups in total. The highest BCUT2D eigenvalue weighted by atomic mass is 32.2. The lowest BCUT2D eigenvalue weighted by Crippen LogP contribution is -2.46. The highest BCUT2D eigenvalue weighted by Crippen LogP contribution is 2.00. The summed E-state index contributed by atoms with van der Waals surface area (Å²) in [5.74, 6) is -0.706. The molecule has 13 heavy (non-hydrogen) atoms. The van der Waals surface area contributed by atoms with Gasteiger partial charge in [-0.15, -0.1) is 0 Å². The van der Waals surface area contributed by atoms with Crippen molar-refractivity contribution in [1.82, 2.24) is 4.72 Å². The van der Waals surface area contributed by atoms with Crippen LogP contribution in [0.4, 0.5) is 0 Å². The Morgan fingerprint density at radius 2 is 2.08 bits per heavy atom. The summed E-state index contributed by atoms with van der Waals surface area (Å²) in [5, 5.41) is 4.70. The van der Waals surface area contributed by atoms with Crippen molar-refractivity contribution >= 4 is 16.1 Å². The first kappa shape index (κ1) is 12.3. The zero-order chi connectivity index (χ0) is 10.5. The summed E-state index contributed by atoms with van der Waals surface area (Å²) in [6.45, 7) is 1.93. The third kappa shape index (κ3) is 6.50. The highest BCUT2D eigenvalue weighted by molar-refractivity contribution is 7.87. The lowest BCUT2D eigenvalue weighted by atomic mass is 10.1. The van der Waals surface area contributed by atoms with Crippen LogP contribution in [0.3, 0.4) is 0 Å². The van der Waals surface area contributed by atoms with Crippen LogP contribution < -0.4 is 15.6 Å². The number of carbonyl (C=O) groups is 1. The van der Waals surface area contributed by atoms with E-state index in [9.17, 15) is 13.2 Å². The molecule has 0 aliphatic heterocycles. The van der Waals surface area contributed by atoms with Gasteiger partial charge in [0.25, 0.3) is 10.2 Å². The fraction of sp³-hybridized carbons (Fsp3) is 0.833. The number of carbonyl (C=O) groups excluding carboxylic acids is 1. The second-order valence-electron chi connectivity index (χ2n) is 2.76. The Morgan fingerprint density at radius 1 is 1.54 bits per heavy atom. The van der Waals surface area contributed by atoms with E-state index in [0.29, 0.717) is 6.42 Å². The number of primary amides is 1. The molecule has 0 saturated heterocycles. The minimum Gasteiger partial charge on any atom is -0.368 e. The van der Waals surface area contributed by atoms with E-state index in [1.54, 1.807) is 0 Å². The van der Waals surface area contributed by atoms with Gasteiger partial charge in [0.1, 0.15) is 6.04 Å². The number of nitrogens with one attached hydrogen (secondary N) is 1. The van der Waals surface area contributed by atoms with Gasteiger partial charge in [0.2, 0.25) is 5.91 Å². The van der Waals surface area contributed by atoms with E-state index in [-0.39, 0.29) is 0 Å². The molecule has 0 bridgehead atoms. The third-order valence-corrected chi connectivity index (χ3v) is 2.11. The number of amides is 1. The third-order valence-electron chi connectivity index (χ3n) is 1.50. The van der Waals surface area contributed by atoms with E-state index in [1.165, 1.54) is 0 Å². The summed E-state index contributed by atoms with van der Waals surface area (Å²) in [6, 6.07) is -0.894. The number of nitrogens with two attached hydrogens (primary N) is 2. The Labute approximate surface area is 77.9 Å². The van der Waals surface area contributed by atoms with Crippen LogP contribution in [0, 0.1) is 0 Å². The summed E-state index contributed by atoms with van der Waals surface area (Å²) < 4.78 is 23.1. The molecule has 1 unspecified atom stereocenters. The topological polar surface area (TPSA) is 115 Å². The number of hydrogen-bond donors (Lipinski definition) is 3. The molecule has 0 aliphatic rings. The second kappa shape index (κ2) is 5.15. The first-order chi connectivity index (χ1) is 5.87. The van der Waals surface area contributed by atoms with Gasteiger partial charge >= 0.3 is 0 Å². The smallest absolute Gasteiger partial charge is 0.275 e. The van der Waals surface area contributed by atoms with E-state index in [1.807, 2.05) is 11.6 Å². The van der Waals surface area contributed by atoms with Crippen molar-refractivity contribution in [3.63, 3.8) is 0 Å². The molecule has 6 nitrogen and oxygen atoms in total. The Balaban J connectivity index is 4.19. The van der Waals surface area contributed by atoms with Gasteiger partial charge in [0, 0.05) is 0 Å². The van der Waals surface area contributed by atoms with Gasteiger partial charge in [0.15, 0.2) is 0 Å². The molecule has 0 aromatic heterocycles. The Kier molecular flexibility index (Phi) is 4.89. The van der Waals surface area contributed by atoms with E-state index in [2.05, 4.69) is 0 Å². The molecule has 0 fully saturated rings. The number of hydrogen-bond acceptors (Lipinski definition) is 3. The first-order valence-electron chi connectivity index (χ1n) is 3.96. The van der Waals surface area contributed by atoms with Crippen LogP contribution in [-0.4, -0.2) is 20.4 Å². The van der Waals surface area contributed by atoms with Crippen LogP contribution in [-0.2, 0) is 15.0 Å². The van der Waals surface area contributed by atoms with E-state index < -0.39 is 22.2 Å². The summed E-state index contributed by atoms with van der Waals surface area (Å²) in [5.41, 5.74) is 4.96. The summed E-state index contributed by atoms with van der Waals surface area (Å²) in [6.07, 6.45) is 1.95. The molecule has 0 aromatic rings. The highest BCUT2D eigenvalue weighted by Gasteiger charge is 2.18. The average molecular weight is 209 g/mol. The maximum absolute atomic E-state index is 10.7. The molecule has 1 amide bonds. The lowest BCUT2D eigenvalue weighted by molar-refractivity contribution is -0.119. The van der Waals surface area contributed by atoms with Gasteiger partial charge in [-0.25, -0.2) is 5.14 Å². The molecule has 0 aliphatic carbocycles. The van der Waals surface area contributed by atoms with Crippen LogP contribution in [0.5, 0.6) is 0 Å². The zero-order valence-electron chi connectivity index (χ0n) is 7.49. The van der Waals surface area contributed by atoms with Gasteiger partial charge in [0.05, 0.1) is 0 Å². The van der Waals surface area contributed by atoms with E-state index in [0.717, 1.165) is 12.8 Å². The molecule has 7 heteroatoms. The number of rotatable bonds is 6. The number of unbranched alkanes of at least 4 members (excludes halogenated alkanes) is 1. The predicted octanol–water partition coefficient (Wildman–Crippen LogP) is -1.18. The molecular formula is C6H15N3O3S. The molecule has 0 heterocycles. The van der Waals surface area contributed by atoms with Crippen LogP contribution >= 0.6 is 0 Å². The lowest BCUT2D eigenvalue weighted by Gasteiger charge is -2.12. The molecule has 0 rings (SSSR count). The minimum absolute atomic E-state index is 0.377. The SMILES string of the molecule is CCCCC(NS(N)(=O)=O)C(N)=O. The van der Waals surface area contributed by atoms with Crippen molar-refractivity contribution in [3.8, 4) is 0 Å². The van der Waals surface area contributed by atoms with Gasteiger partial charge in [-0.2, -0.15) is 13.1 Å². The monoisotopic (exact) mass is 209 g/mol. The van der Waals surface area contributed by atoms with Crippen molar-refractivity contribution in [3.05, 3.63) is 0 Å². The summed E-state index contributed by atoms with van der Waals surface area (Å²) >= 11 is 0. The Bertz CT molecular complexity index is 262. The van der Waals surface area contributed by atoms with Crippen LogP contribution in [0.1, 0.15) is 26.2 Å². The Morgan fingerprint density at radius 3 is 2.38 bits per heavy atom. The quantitative estimate of drug-likeness (QED) is 0.511. The molecular weight excluding hydrogens is 194 g/mol. The molecule has 0 spiro atoms. The van der Waals surface area contributed by atoms with Gasteiger partial charge in [-0.1, -0.05) is 19.8 Å². The normalized spacial score (nSPS) is 14.0. The van der Waals surface area contributed by atoms with Crippen molar-refractivity contribution < 1.29 is 13.2 Å². The van der Waals surface area contributed by atoms with Gasteiger partial charge in [-0.3, -0.25) is 4.79 Å². The fourth-order valence-electron chi connectivity index (χ4n) is 0.866. The minimum atomic E-state index is -3.85. The van der Waals surface area contributed by atoms with E-state index in [4.69, 9.17) is 10.9 Å². The van der Waals surface area contributed by atoms with Crippen molar-refractivity contribution in [1.29, 1.82) is 0 Å². The van der Waals surface area contributed by atoms with Crippen molar-refractivity contribution in [2.24, 2.45) is 10.9 Å². The fourth-order valence-corrected chi connectivity index (χ4v) is 1.50. The van der Waals surface area contributed by atoms with E-state index >= 15 is 0 Å². The molecule has 1 atom stereocenters. The maximum Gasteiger partial charge on any atom is 0.275 e. The molecule has 0 radical (unpaired) electrons. The van der Waals surface area contributed by atoms with Gasteiger partial charge < -0.3 is 5.73 Å². The van der Waals surface area contributed by atoms with Crippen LogP contribution in [0.15, 0.2) is 0 Å². The standard InChI is InChI=1S/C6H15N3O3S/c1-2-3-4-5(6(7)10)9-13(8,11)12/h5,9H,2-4H2,1H3,(H2,7,10)(H2,8,11,12). The molecule has 0 aromatic carbocycles. The van der Waals surface area contributed by atoms with Crippen molar-refractivity contribution in [2.45, 2.75) is 32.2 Å².